The molecule has 4 nitrogen and oxygen atoms in total. The Hall–Kier alpha value is -1.10. The molecular weight excluding hydrogens is 248 g/mol. The van der Waals surface area contributed by atoms with Gasteiger partial charge in [-0.05, 0) is 12.8 Å². The number of hydrogen-bond donors (Lipinski definition) is 0. The Balaban J connectivity index is 2.70. The first-order valence-corrected chi connectivity index (χ1v) is 7.39. The number of carbonyl (C=O) groups excluding carboxylic acids is 1. The summed E-state index contributed by atoms with van der Waals surface area (Å²) in [6, 6.07) is 0. The van der Waals surface area contributed by atoms with E-state index in [4.69, 9.17) is 0 Å². The van der Waals surface area contributed by atoms with E-state index in [1.54, 1.807) is 5.38 Å². The van der Waals surface area contributed by atoms with E-state index in [-0.39, 0.29) is 5.97 Å². The Labute approximate surface area is 113 Å². The molecule has 0 amide bonds. The third-order valence-corrected chi connectivity index (χ3v) is 3.62. The largest absolute Gasteiger partial charge is 0.464 e. The molecule has 1 aromatic rings. The lowest BCUT2D eigenvalue weighted by molar-refractivity contribution is 0.0595. The Morgan fingerprint density at radius 3 is 2.44 bits per heavy atom. The molecule has 0 spiro atoms. The van der Waals surface area contributed by atoms with Gasteiger partial charge < -0.3 is 9.64 Å². The Bertz CT molecular complexity index is 358. The number of thiazole rings is 1. The zero-order valence-corrected chi connectivity index (χ0v) is 12.3. The molecule has 0 aliphatic rings. The molecule has 1 rings (SSSR count). The van der Waals surface area contributed by atoms with Gasteiger partial charge in [0.05, 0.1) is 7.11 Å². The van der Waals surface area contributed by atoms with Crippen molar-refractivity contribution in [1.29, 1.82) is 0 Å². The van der Waals surface area contributed by atoms with Gasteiger partial charge in [-0.15, -0.1) is 11.3 Å². The van der Waals surface area contributed by atoms with Crippen molar-refractivity contribution in [2.24, 2.45) is 0 Å². The maximum absolute atomic E-state index is 11.4. The third kappa shape index (κ3) is 4.29. The van der Waals surface area contributed by atoms with Crippen molar-refractivity contribution in [3.63, 3.8) is 0 Å². The zero-order valence-electron chi connectivity index (χ0n) is 11.4. The van der Waals surface area contributed by atoms with Gasteiger partial charge in [0.25, 0.3) is 0 Å². The van der Waals surface area contributed by atoms with E-state index in [1.807, 2.05) is 0 Å². The highest BCUT2D eigenvalue weighted by Crippen LogP contribution is 2.22. The summed E-state index contributed by atoms with van der Waals surface area (Å²) in [6.45, 7) is 6.37. The van der Waals surface area contributed by atoms with E-state index in [9.17, 15) is 4.79 Å². The molecule has 0 atom stereocenters. The minimum atomic E-state index is -0.358. The summed E-state index contributed by atoms with van der Waals surface area (Å²) < 4.78 is 4.68. The molecule has 0 aliphatic heterocycles. The number of esters is 1. The van der Waals surface area contributed by atoms with Crippen molar-refractivity contribution in [3.8, 4) is 0 Å². The van der Waals surface area contributed by atoms with Crippen molar-refractivity contribution < 1.29 is 9.53 Å². The fourth-order valence-electron chi connectivity index (χ4n) is 1.61. The van der Waals surface area contributed by atoms with Crippen LogP contribution in [0.4, 0.5) is 5.13 Å². The number of carbonyl (C=O) groups is 1. The predicted octanol–water partition coefficient (Wildman–Crippen LogP) is 3.34. The van der Waals surface area contributed by atoms with Crippen molar-refractivity contribution in [2.75, 3.05) is 25.1 Å². The summed E-state index contributed by atoms with van der Waals surface area (Å²) in [5, 5.41) is 2.70. The molecule has 0 radical (unpaired) electrons. The maximum atomic E-state index is 11.4. The summed E-state index contributed by atoms with van der Waals surface area (Å²) in [6.07, 6.45) is 4.63. The van der Waals surface area contributed by atoms with Crippen LogP contribution < -0.4 is 4.90 Å². The molecule has 18 heavy (non-hydrogen) atoms. The number of methoxy groups -OCH3 is 1. The van der Waals surface area contributed by atoms with Gasteiger partial charge in [-0.2, -0.15) is 0 Å². The maximum Gasteiger partial charge on any atom is 0.357 e. The van der Waals surface area contributed by atoms with Crippen LogP contribution in [0.3, 0.4) is 0 Å². The molecule has 5 heteroatoms. The average Bonchev–Trinajstić information content (AvgIpc) is 2.87. The SMILES string of the molecule is CCCCN(CCCC)c1nc(C(=O)OC)cs1. The molecule has 0 N–H and O–H groups in total. The minimum absolute atomic E-state index is 0.358. The van der Waals surface area contributed by atoms with Gasteiger partial charge in [0, 0.05) is 18.5 Å². The van der Waals surface area contributed by atoms with Crippen molar-refractivity contribution in [1.82, 2.24) is 4.98 Å². The number of rotatable bonds is 8. The van der Waals surface area contributed by atoms with Crippen LogP contribution in [-0.2, 0) is 4.74 Å². The Morgan fingerprint density at radius 1 is 1.33 bits per heavy atom. The quantitative estimate of drug-likeness (QED) is 0.679. The number of aromatic nitrogens is 1. The summed E-state index contributed by atoms with van der Waals surface area (Å²) in [7, 11) is 1.38. The van der Waals surface area contributed by atoms with Crippen LogP contribution in [0.15, 0.2) is 5.38 Å². The lowest BCUT2D eigenvalue weighted by atomic mass is 10.3. The number of unbranched alkanes of at least 4 members (excludes halogenated alkanes) is 2. The molecule has 0 saturated heterocycles. The van der Waals surface area contributed by atoms with Crippen molar-refractivity contribution in [2.45, 2.75) is 39.5 Å². The van der Waals surface area contributed by atoms with Gasteiger partial charge >= 0.3 is 5.97 Å². The fraction of sp³-hybridized carbons (Fsp3) is 0.692. The number of nitrogens with zero attached hydrogens (tertiary/aromatic N) is 2. The van der Waals surface area contributed by atoms with E-state index < -0.39 is 0 Å². The Kier molecular flexibility index (Phi) is 6.72. The zero-order chi connectivity index (χ0) is 13.4. The number of ether oxygens (including phenoxy) is 1. The molecule has 0 aromatic carbocycles. The molecule has 102 valence electrons. The van der Waals surface area contributed by atoms with Gasteiger partial charge in [0.15, 0.2) is 10.8 Å². The van der Waals surface area contributed by atoms with Crippen LogP contribution in [0.1, 0.15) is 50.0 Å². The van der Waals surface area contributed by atoms with E-state index in [1.165, 1.54) is 18.4 Å². The predicted molar refractivity (Wildman–Crippen MR) is 75.5 cm³/mol. The fourth-order valence-corrected chi connectivity index (χ4v) is 2.46. The topological polar surface area (TPSA) is 42.4 Å². The van der Waals surface area contributed by atoms with Crippen LogP contribution in [-0.4, -0.2) is 31.2 Å². The standard InChI is InChI=1S/C13H22N2O2S/c1-4-6-8-15(9-7-5-2)13-14-11(10-18-13)12(16)17-3/h10H,4-9H2,1-3H3. The molecule has 0 aliphatic carbocycles. The van der Waals surface area contributed by atoms with Crippen LogP contribution in [0, 0.1) is 0 Å². The molecule has 1 heterocycles. The summed E-state index contributed by atoms with van der Waals surface area (Å²) >= 11 is 1.52. The van der Waals surface area contributed by atoms with Gasteiger partial charge in [0.2, 0.25) is 0 Å². The first-order valence-electron chi connectivity index (χ1n) is 6.51. The van der Waals surface area contributed by atoms with Crippen LogP contribution >= 0.6 is 11.3 Å². The normalized spacial score (nSPS) is 10.4. The highest BCUT2D eigenvalue weighted by molar-refractivity contribution is 7.13. The van der Waals surface area contributed by atoms with E-state index in [0.29, 0.717) is 5.69 Å². The number of hydrogen-bond acceptors (Lipinski definition) is 5. The Morgan fingerprint density at radius 2 is 1.94 bits per heavy atom. The second-order valence-electron chi connectivity index (χ2n) is 4.20. The molecule has 1 aromatic heterocycles. The second kappa shape index (κ2) is 8.08. The molecule has 0 fully saturated rings. The van der Waals surface area contributed by atoms with Gasteiger partial charge in [0.1, 0.15) is 0 Å². The van der Waals surface area contributed by atoms with Crippen molar-refractivity contribution >= 4 is 22.4 Å². The smallest absolute Gasteiger partial charge is 0.357 e. The first kappa shape index (κ1) is 15.0. The highest BCUT2D eigenvalue weighted by Gasteiger charge is 2.14. The van der Waals surface area contributed by atoms with E-state index in [0.717, 1.165) is 43.9 Å². The molecule has 0 saturated carbocycles. The molecule has 0 unspecified atom stereocenters. The summed E-state index contributed by atoms with van der Waals surface area (Å²) in [5.74, 6) is -0.358. The second-order valence-corrected chi connectivity index (χ2v) is 5.04. The average molecular weight is 270 g/mol. The van der Waals surface area contributed by atoms with Gasteiger partial charge in [-0.3, -0.25) is 0 Å². The number of anilines is 1. The van der Waals surface area contributed by atoms with Crippen LogP contribution in [0.5, 0.6) is 0 Å². The lowest BCUT2D eigenvalue weighted by Crippen LogP contribution is -2.25. The highest BCUT2D eigenvalue weighted by atomic mass is 32.1. The minimum Gasteiger partial charge on any atom is -0.464 e. The van der Waals surface area contributed by atoms with E-state index in [2.05, 4.69) is 28.5 Å². The van der Waals surface area contributed by atoms with Crippen LogP contribution in [0.2, 0.25) is 0 Å². The van der Waals surface area contributed by atoms with Crippen molar-refractivity contribution in [3.05, 3.63) is 11.1 Å². The third-order valence-electron chi connectivity index (χ3n) is 2.72. The molecular formula is C13H22N2O2S. The monoisotopic (exact) mass is 270 g/mol. The van der Waals surface area contributed by atoms with Gasteiger partial charge in [-0.25, -0.2) is 9.78 Å². The lowest BCUT2D eigenvalue weighted by Gasteiger charge is -2.21. The van der Waals surface area contributed by atoms with Crippen LogP contribution in [0.25, 0.3) is 0 Å². The summed E-state index contributed by atoms with van der Waals surface area (Å²) in [4.78, 5) is 18.0. The first-order chi connectivity index (χ1) is 8.72. The molecule has 0 bridgehead atoms. The van der Waals surface area contributed by atoms with Gasteiger partial charge in [-0.1, -0.05) is 26.7 Å². The van der Waals surface area contributed by atoms with E-state index >= 15 is 0 Å². The summed E-state index contributed by atoms with van der Waals surface area (Å²) in [5.41, 5.74) is 0.412.